The third-order valence-electron chi connectivity index (χ3n) is 5.24. The Morgan fingerprint density at radius 2 is 2.21 bits per heavy atom. The van der Waals surface area contributed by atoms with Crippen molar-refractivity contribution in [2.45, 2.75) is 31.7 Å². The van der Waals surface area contributed by atoms with Gasteiger partial charge in [-0.3, -0.25) is 9.78 Å². The maximum Gasteiger partial charge on any atom is 0.326 e. The van der Waals surface area contributed by atoms with Gasteiger partial charge in [-0.2, -0.15) is 8.42 Å². The summed E-state index contributed by atoms with van der Waals surface area (Å²) in [6.45, 7) is 0.125. The molecule has 1 atom stereocenters. The number of hydrogen-bond donors (Lipinski definition) is 3. The zero-order valence-corrected chi connectivity index (χ0v) is 16.4. The summed E-state index contributed by atoms with van der Waals surface area (Å²) < 4.78 is 41.8. The summed E-state index contributed by atoms with van der Waals surface area (Å²) in [5.74, 6) is -2.05. The largest absolute Gasteiger partial charge is 0.506 e. The first-order valence-electron chi connectivity index (χ1n) is 9.35. The van der Waals surface area contributed by atoms with E-state index >= 15 is 4.39 Å². The lowest BCUT2D eigenvalue weighted by Gasteiger charge is -2.28. The van der Waals surface area contributed by atoms with Crippen molar-refractivity contribution >= 4 is 21.8 Å². The lowest BCUT2D eigenvalue weighted by atomic mass is 9.87. The highest BCUT2D eigenvalue weighted by molar-refractivity contribution is 7.92. The summed E-state index contributed by atoms with van der Waals surface area (Å²) in [5.41, 5.74) is 1.51. The molecule has 1 aromatic heterocycles. The minimum absolute atomic E-state index is 0.0213. The van der Waals surface area contributed by atoms with Gasteiger partial charge in [0.15, 0.2) is 5.82 Å². The molecular formula is C19H21FN4O4S. The fraction of sp³-hybridized carbons (Fsp3) is 0.368. The Morgan fingerprint density at radius 3 is 2.90 bits per heavy atom. The summed E-state index contributed by atoms with van der Waals surface area (Å²) in [6.07, 6.45) is 4.18. The second kappa shape index (κ2) is 7.60. The highest BCUT2D eigenvalue weighted by atomic mass is 32.2. The molecule has 4 rings (SSSR count). The van der Waals surface area contributed by atoms with Crippen molar-refractivity contribution in [2.24, 2.45) is 0 Å². The van der Waals surface area contributed by atoms with Gasteiger partial charge in [0.05, 0.1) is 0 Å². The number of halogens is 1. The number of nitrogens with zero attached hydrogens (tertiary/aromatic N) is 2. The number of aryl methyl sites for hydroxylation is 1. The van der Waals surface area contributed by atoms with Crippen molar-refractivity contribution in [3.8, 4) is 5.75 Å². The van der Waals surface area contributed by atoms with Crippen LogP contribution in [0.3, 0.4) is 0 Å². The number of carbonyl (C=O) groups is 1. The van der Waals surface area contributed by atoms with Gasteiger partial charge < -0.3 is 10.4 Å². The van der Waals surface area contributed by atoms with Crippen LogP contribution in [0.5, 0.6) is 5.75 Å². The number of fused-ring (bicyclic) bond motifs is 1. The number of carbonyl (C=O) groups excluding carboxylic acids is 1. The zero-order valence-electron chi connectivity index (χ0n) is 15.6. The van der Waals surface area contributed by atoms with E-state index in [9.17, 15) is 18.3 Å². The minimum Gasteiger partial charge on any atom is -0.506 e. The molecule has 2 aliphatic rings. The van der Waals surface area contributed by atoms with Crippen molar-refractivity contribution in [1.82, 2.24) is 15.0 Å². The van der Waals surface area contributed by atoms with Crippen LogP contribution in [0, 0.1) is 5.82 Å². The molecule has 154 valence electrons. The SMILES string of the molecule is O=C1CN(c2c(O)cc3c(c2F)CC(NCCc2ccccn2)CC3)S(=O)(=O)N1. The predicted octanol–water partition coefficient (Wildman–Crippen LogP) is 0.797. The number of nitrogens with one attached hydrogen (secondary N) is 2. The topological polar surface area (TPSA) is 112 Å². The van der Waals surface area contributed by atoms with Crippen molar-refractivity contribution in [3.05, 3.63) is 53.1 Å². The number of anilines is 1. The van der Waals surface area contributed by atoms with Gasteiger partial charge in [0, 0.05) is 30.9 Å². The van der Waals surface area contributed by atoms with E-state index in [0.717, 1.165) is 18.5 Å². The second-order valence-corrected chi connectivity index (χ2v) is 8.79. The van der Waals surface area contributed by atoms with Crippen LogP contribution in [0.2, 0.25) is 0 Å². The number of rotatable bonds is 5. The second-order valence-electron chi connectivity index (χ2n) is 7.20. The fourth-order valence-electron chi connectivity index (χ4n) is 3.85. The Morgan fingerprint density at radius 1 is 1.38 bits per heavy atom. The summed E-state index contributed by atoms with van der Waals surface area (Å²) in [6, 6.07) is 7.14. The summed E-state index contributed by atoms with van der Waals surface area (Å²) >= 11 is 0. The van der Waals surface area contributed by atoms with Gasteiger partial charge in [0.25, 0.3) is 5.91 Å². The molecule has 0 radical (unpaired) electrons. The summed E-state index contributed by atoms with van der Waals surface area (Å²) in [5, 5.41) is 13.6. The molecule has 1 aliphatic carbocycles. The van der Waals surface area contributed by atoms with Crippen LogP contribution in [-0.2, 0) is 34.3 Å². The van der Waals surface area contributed by atoms with E-state index in [1.54, 1.807) is 10.9 Å². The molecule has 0 spiro atoms. The number of pyridine rings is 1. The van der Waals surface area contributed by atoms with Gasteiger partial charge in [-0.25, -0.2) is 13.4 Å². The number of benzene rings is 1. The van der Waals surface area contributed by atoms with Crippen LogP contribution in [0.25, 0.3) is 0 Å². The molecule has 1 aliphatic heterocycles. The maximum atomic E-state index is 15.3. The molecule has 29 heavy (non-hydrogen) atoms. The normalized spacial score (nSPS) is 20.4. The lowest BCUT2D eigenvalue weighted by molar-refractivity contribution is -0.117. The summed E-state index contributed by atoms with van der Waals surface area (Å²) in [7, 11) is -4.21. The minimum atomic E-state index is -4.21. The van der Waals surface area contributed by atoms with Crippen molar-refractivity contribution in [2.75, 3.05) is 17.4 Å². The van der Waals surface area contributed by atoms with Crippen LogP contribution < -0.4 is 14.3 Å². The highest BCUT2D eigenvalue weighted by Crippen LogP contribution is 2.39. The Kier molecular flexibility index (Phi) is 5.13. The Labute approximate surface area is 167 Å². The van der Waals surface area contributed by atoms with E-state index in [2.05, 4.69) is 10.3 Å². The maximum absolute atomic E-state index is 15.3. The monoisotopic (exact) mass is 420 g/mol. The number of phenolic OH excluding ortho intramolecular Hbond substituents is 1. The molecule has 8 nitrogen and oxygen atoms in total. The van der Waals surface area contributed by atoms with Crippen LogP contribution in [0.4, 0.5) is 10.1 Å². The average molecular weight is 420 g/mol. The van der Waals surface area contributed by atoms with Gasteiger partial charge in [0.2, 0.25) is 0 Å². The van der Waals surface area contributed by atoms with Crippen LogP contribution in [0.1, 0.15) is 23.2 Å². The fourth-order valence-corrected chi connectivity index (χ4v) is 5.01. The van der Waals surface area contributed by atoms with Crippen LogP contribution >= 0.6 is 0 Å². The third kappa shape index (κ3) is 3.90. The first-order chi connectivity index (χ1) is 13.8. The van der Waals surface area contributed by atoms with Gasteiger partial charge in [-0.1, -0.05) is 6.07 Å². The Hall–Kier alpha value is -2.72. The zero-order chi connectivity index (χ0) is 20.6. The van der Waals surface area contributed by atoms with E-state index in [1.807, 2.05) is 18.2 Å². The average Bonchev–Trinajstić information content (AvgIpc) is 2.95. The molecular weight excluding hydrogens is 399 g/mol. The van der Waals surface area contributed by atoms with E-state index in [4.69, 9.17) is 0 Å². The molecule has 1 saturated heterocycles. The Balaban J connectivity index is 1.52. The van der Waals surface area contributed by atoms with Crippen molar-refractivity contribution < 1.29 is 22.7 Å². The van der Waals surface area contributed by atoms with Gasteiger partial charge in [-0.05, 0) is 48.6 Å². The molecule has 0 saturated carbocycles. The van der Waals surface area contributed by atoms with Gasteiger partial charge in [-0.15, -0.1) is 0 Å². The number of amides is 1. The molecule has 1 fully saturated rings. The van der Waals surface area contributed by atoms with Gasteiger partial charge >= 0.3 is 10.2 Å². The first-order valence-corrected chi connectivity index (χ1v) is 10.8. The van der Waals surface area contributed by atoms with E-state index < -0.39 is 39.9 Å². The highest BCUT2D eigenvalue weighted by Gasteiger charge is 2.39. The third-order valence-corrected chi connectivity index (χ3v) is 6.61. The number of hydrogen-bond acceptors (Lipinski definition) is 6. The lowest BCUT2D eigenvalue weighted by Crippen LogP contribution is -2.37. The Bertz CT molecular complexity index is 1050. The summed E-state index contributed by atoms with van der Waals surface area (Å²) in [4.78, 5) is 15.8. The van der Waals surface area contributed by atoms with Crippen molar-refractivity contribution in [1.29, 1.82) is 0 Å². The first kappa shape index (κ1) is 19.6. The molecule has 3 N–H and O–H groups in total. The van der Waals surface area contributed by atoms with Crippen LogP contribution in [0.15, 0.2) is 30.5 Å². The van der Waals surface area contributed by atoms with E-state index in [0.29, 0.717) is 34.8 Å². The van der Waals surface area contributed by atoms with Crippen molar-refractivity contribution in [3.63, 3.8) is 0 Å². The van der Waals surface area contributed by atoms with E-state index in [-0.39, 0.29) is 6.04 Å². The standard InChI is InChI=1S/C19H21FN4O4S/c20-18-15-10-14(22-8-6-13-3-1-2-7-21-13)5-4-12(15)9-16(25)19(18)24-11-17(26)23-29(24,27)28/h1-3,7,9,14,22,25H,4-6,8,10-11H2,(H,23,26). The molecule has 10 heteroatoms. The smallest absolute Gasteiger partial charge is 0.326 e. The molecule has 1 aromatic carbocycles. The quantitative estimate of drug-likeness (QED) is 0.660. The molecule has 0 bridgehead atoms. The molecule has 2 aromatic rings. The number of phenols is 1. The predicted molar refractivity (Wildman–Crippen MR) is 104 cm³/mol. The van der Waals surface area contributed by atoms with Gasteiger partial charge in [0.1, 0.15) is 18.0 Å². The van der Waals surface area contributed by atoms with E-state index in [1.165, 1.54) is 6.07 Å². The molecule has 1 amide bonds. The number of aromatic nitrogens is 1. The number of aromatic hydroxyl groups is 1. The molecule has 1 unspecified atom stereocenters. The van der Waals surface area contributed by atoms with Crippen LogP contribution in [-0.4, -0.2) is 43.5 Å². The molecule has 2 heterocycles.